The van der Waals surface area contributed by atoms with E-state index in [9.17, 15) is 9.59 Å². The Balaban J connectivity index is 1.44. The van der Waals surface area contributed by atoms with Crippen molar-refractivity contribution in [2.24, 2.45) is 0 Å². The zero-order chi connectivity index (χ0) is 19.1. The van der Waals surface area contributed by atoms with Crippen molar-refractivity contribution in [1.29, 1.82) is 0 Å². The highest BCUT2D eigenvalue weighted by Gasteiger charge is 2.06. The van der Waals surface area contributed by atoms with Crippen molar-refractivity contribution in [1.82, 2.24) is 24.3 Å². The normalized spacial score (nSPS) is 10.7. The Labute approximate surface area is 154 Å². The number of hydrogen-bond acceptors (Lipinski definition) is 6. The van der Waals surface area contributed by atoms with Crippen molar-refractivity contribution >= 4 is 5.97 Å². The maximum absolute atomic E-state index is 12.2. The smallest absolute Gasteiger partial charge is 0.323 e. The molecule has 0 aliphatic heterocycles. The van der Waals surface area contributed by atoms with Gasteiger partial charge in [-0.25, -0.2) is 14.6 Å². The summed E-state index contributed by atoms with van der Waals surface area (Å²) < 4.78 is 8.42. The monoisotopic (exact) mass is 369 g/mol. The Morgan fingerprint density at radius 3 is 2.81 bits per heavy atom. The van der Waals surface area contributed by atoms with Gasteiger partial charge in [-0.2, -0.15) is 5.10 Å². The van der Waals surface area contributed by atoms with Crippen LogP contribution in [0.3, 0.4) is 0 Å². The summed E-state index contributed by atoms with van der Waals surface area (Å²) in [6, 6.07) is 7.03. The highest BCUT2D eigenvalue weighted by Crippen LogP contribution is 2.12. The molecule has 0 amide bonds. The van der Waals surface area contributed by atoms with Crippen LogP contribution < -0.4 is 10.3 Å². The zero-order valence-corrected chi connectivity index (χ0v) is 14.6. The van der Waals surface area contributed by atoms with E-state index in [1.807, 2.05) is 6.07 Å². The van der Waals surface area contributed by atoms with Gasteiger partial charge in [0.2, 0.25) is 0 Å². The summed E-state index contributed by atoms with van der Waals surface area (Å²) in [7, 11) is 0. The summed E-state index contributed by atoms with van der Waals surface area (Å²) in [6.07, 6.45) is 8.21. The van der Waals surface area contributed by atoms with Crippen molar-refractivity contribution in [2.75, 3.05) is 6.61 Å². The lowest BCUT2D eigenvalue weighted by Crippen LogP contribution is -2.26. The quantitative estimate of drug-likeness (QED) is 0.566. The summed E-state index contributed by atoms with van der Waals surface area (Å²) >= 11 is 0. The lowest BCUT2D eigenvalue weighted by molar-refractivity contribution is -0.137. The summed E-state index contributed by atoms with van der Waals surface area (Å²) in [4.78, 5) is 31.1. The molecule has 0 atom stereocenters. The molecule has 0 saturated carbocycles. The van der Waals surface area contributed by atoms with Crippen molar-refractivity contribution in [3.63, 3.8) is 0 Å². The minimum absolute atomic E-state index is 0.256. The topological polar surface area (TPSA) is 112 Å². The second kappa shape index (κ2) is 8.75. The third kappa shape index (κ3) is 5.00. The Hall–Kier alpha value is -3.49. The highest BCUT2D eigenvalue weighted by molar-refractivity contribution is 5.66. The first-order valence-electron chi connectivity index (χ1n) is 8.47. The number of aryl methyl sites for hydroxylation is 1. The number of aromatic nitrogens is 5. The fourth-order valence-electron chi connectivity index (χ4n) is 2.57. The molecule has 0 unspecified atom stereocenters. The zero-order valence-electron chi connectivity index (χ0n) is 14.6. The van der Waals surface area contributed by atoms with Gasteiger partial charge in [-0.1, -0.05) is 6.07 Å². The molecule has 3 rings (SSSR count). The Kier molecular flexibility index (Phi) is 5.93. The molecule has 1 N–H and O–H groups in total. The number of pyridine rings is 2. The lowest BCUT2D eigenvalue weighted by Gasteiger charge is -2.08. The Morgan fingerprint density at radius 1 is 1.22 bits per heavy atom. The molecule has 0 spiro atoms. The number of nitrogens with zero attached hydrogens (tertiary/aromatic N) is 5. The number of carboxylic acids is 1. The van der Waals surface area contributed by atoms with Gasteiger partial charge in [-0.15, -0.1) is 0 Å². The first kappa shape index (κ1) is 18.3. The average Bonchev–Trinajstić information content (AvgIpc) is 3.19. The van der Waals surface area contributed by atoms with E-state index in [1.54, 1.807) is 35.4 Å². The first-order valence-corrected chi connectivity index (χ1v) is 8.47. The molecule has 3 aromatic heterocycles. The molecule has 140 valence electrons. The molecule has 0 aliphatic rings. The van der Waals surface area contributed by atoms with Crippen LogP contribution in [0.4, 0.5) is 0 Å². The molecule has 0 aromatic carbocycles. The van der Waals surface area contributed by atoms with Crippen LogP contribution in [0.2, 0.25) is 0 Å². The third-order valence-electron chi connectivity index (χ3n) is 3.89. The van der Waals surface area contributed by atoms with Gasteiger partial charge in [-0.05, 0) is 37.5 Å². The molecular formula is C18H19N5O4. The molecule has 27 heavy (non-hydrogen) atoms. The fraction of sp³-hybridized carbons (Fsp3) is 0.278. The molecule has 9 heteroatoms. The maximum Gasteiger partial charge on any atom is 0.323 e. The minimum Gasteiger partial charge on any atom is -0.492 e. The highest BCUT2D eigenvalue weighted by atomic mass is 16.5. The van der Waals surface area contributed by atoms with E-state index in [-0.39, 0.29) is 12.1 Å². The van der Waals surface area contributed by atoms with Crippen LogP contribution in [0, 0.1) is 0 Å². The minimum atomic E-state index is -1.04. The van der Waals surface area contributed by atoms with Crippen LogP contribution in [-0.4, -0.2) is 42.0 Å². The SMILES string of the molecule is O=C(O)Cn1cccc(CCCCOc2ccc(-n3cncn3)nc2)c1=O. The largest absolute Gasteiger partial charge is 0.492 e. The van der Waals surface area contributed by atoms with Gasteiger partial charge in [0.15, 0.2) is 5.82 Å². The number of rotatable bonds is 9. The van der Waals surface area contributed by atoms with Crippen LogP contribution in [0.5, 0.6) is 5.75 Å². The third-order valence-corrected chi connectivity index (χ3v) is 3.89. The van der Waals surface area contributed by atoms with E-state index in [0.29, 0.717) is 30.2 Å². The number of unbranched alkanes of at least 4 members (excludes halogenated alkanes) is 1. The van der Waals surface area contributed by atoms with Gasteiger partial charge in [-0.3, -0.25) is 9.59 Å². The van der Waals surface area contributed by atoms with E-state index in [4.69, 9.17) is 9.84 Å². The van der Waals surface area contributed by atoms with Crippen molar-refractivity contribution in [3.05, 3.63) is 65.2 Å². The molecule has 0 saturated heterocycles. The van der Waals surface area contributed by atoms with Crippen molar-refractivity contribution < 1.29 is 14.6 Å². The fourth-order valence-corrected chi connectivity index (χ4v) is 2.57. The van der Waals surface area contributed by atoms with Gasteiger partial charge in [0.25, 0.3) is 5.56 Å². The van der Waals surface area contributed by atoms with Gasteiger partial charge < -0.3 is 14.4 Å². The van der Waals surface area contributed by atoms with E-state index >= 15 is 0 Å². The van der Waals surface area contributed by atoms with Crippen molar-refractivity contribution in [3.8, 4) is 11.6 Å². The van der Waals surface area contributed by atoms with Crippen LogP contribution >= 0.6 is 0 Å². The summed E-state index contributed by atoms with van der Waals surface area (Å²) in [5.74, 6) is 0.273. The first-order chi connectivity index (χ1) is 13.1. The van der Waals surface area contributed by atoms with Crippen molar-refractivity contribution in [2.45, 2.75) is 25.8 Å². The van der Waals surface area contributed by atoms with Gasteiger partial charge >= 0.3 is 5.97 Å². The predicted octanol–water partition coefficient (Wildman–Crippen LogP) is 1.31. The van der Waals surface area contributed by atoms with E-state index in [1.165, 1.54) is 17.1 Å². The number of hydrogen-bond donors (Lipinski definition) is 1. The van der Waals surface area contributed by atoms with Gasteiger partial charge in [0, 0.05) is 11.8 Å². The van der Waals surface area contributed by atoms with Crippen LogP contribution in [0.15, 0.2) is 54.1 Å². The number of carboxylic acid groups (broad SMARTS) is 1. The maximum atomic E-state index is 12.2. The standard InChI is InChI=1S/C18H19N5O4/c24-17(25)11-22-8-3-5-14(18(22)26)4-1-2-9-27-15-6-7-16(20-10-15)23-13-19-12-21-23/h3,5-8,10,12-13H,1-2,4,9,11H2,(H,24,25). The van der Waals surface area contributed by atoms with E-state index in [0.717, 1.165) is 12.8 Å². The second-order valence-corrected chi connectivity index (χ2v) is 5.86. The van der Waals surface area contributed by atoms with E-state index in [2.05, 4.69) is 15.1 Å². The molecule has 0 fully saturated rings. The Morgan fingerprint density at radius 2 is 2.11 bits per heavy atom. The molecule has 3 heterocycles. The second-order valence-electron chi connectivity index (χ2n) is 5.86. The average molecular weight is 369 g/mol. The summed E-state index contributed by atoms with van der Waals surface area (Å²) in [5.41, 5.74) is 0.353. The summed E-state index contributed by atoms with van der Waals surface area (Å²) in [6.45, 7) is 0.174. The number of aliphatic carboxylic acids is 1. The number of ether oxygens (including phenoxy) is 1. The Bertz CT molecular complexity index is 935. The molecule has 3 aromatic rings. The molecule has 0 radical (unpaired) electrons. The molecule has 9 nitrogen and oxygen atoms in total. The lowest BCUT2D eigenvalue weighted by atomic mass is 10.1. The van der Waals surface area contributed by atoms with E-state index < -0.39 is 5.97 Å². The van der Waals surface area contributed by atoms with Crippen LogP contribution in [0.25, 0.3) is 5.82 Å². The molecule has 0 aliphatic carbocycles. The molecule has 0 bridgehead atoms. The van der Waals surface area contributed by atoms with Gasteiger partial charge in [0.05, 0.1) is 12.8 Å². The van der Waals surface area contributed by atoms with Crippen LogP contribution in [-0.2, 0) is 17.8 Å². The van der Waals surface area contributed by atoms with Gasteiger partial charge in [0.1, 0.15) is 24.9 Å². The predicted molar refractivity (Wildman–Crippen MR) is 95.9 cm³/mol. The van der Waals surface area contributed by atoms with Crippen LogP contribution in [0.1, 0.15) is 18.4 Å². The summed E-state index contributed by atoms with van der Waals surface area (Å²) in [5, 5.41) is 12.8. The molecular weight excluding hydrogens is 350 g/mol. The number of carbonyl (C=O) groups is 1.